The molecule has 6 heteroatoms. The van der Waals surface area contributed by atoms with Gasteiger partial charge in [-0.3, -0.25) is 4.79 Å². The number of thiocarbonyl (C=S) groups is 1. The standard InChI is InChI=1S/C15H15FN2OS2/c1-2-11-5-6-13(21-11)15(19)18-8-10-4-3-9(14(17)20)7-12(10)16/h3-7H,2,8H2,1H3,(H2,17,20)(H,18,19). The number of carbonyl (C=O) groups excluding carboxylic acids is 1. The van der Waals surface area contributed by atoms with E-state index in [1.165, 1.54) is 17.4 Å². The Hall–Kier alpha value is -1.79. The lowest BCUT2D eigenvalue weighted by atomic mass is 10.1. The predicted octanol–water partition coefficient (Wildman–Crippen LogP) is 3.01. The van der Waals surface area contributed by atoms with E-state index in [0.717, 1.165) is 11.3 Å². The smallest absolute Gasteiger partial charge is 0.261 e. The Balaban J connectivity index is 2.02. The van der Waals surface area contributed by atoms with Gasteiger partial charge in [0.2, 0.25) is 0 Å². The number of hydrogen-bond acceptors (Lipinski definition) is 3. The van der Waals surface area contributed by atoms with Crippen molar-refractivity contribution in [2.24, 2.45) is 5.73 Å². The van der Waals surface area contributed by atoms with Crippen LogP contribution in [-0.2, 0) is 13.0 Å². The van der Waals surface area contributed by atoms with Crippen LogP contribution >= 0.6 is 23.6 Å². The minimum atomic E-state index is -0.430. The summed E-state index contributed by atoms with van der Waals surface area (Å²) < 4.78 is 13.9. The minimum Gasteiger partial charge on any atom is -0.389 e. The molecule has 1 amide bonds. The molecule has 0 aliphatic carbocycles. The molecule has 0 aliphatic rings. The molecule has 0 radical (unpaired) electrons. The van der Waals surface area contributed by atoms with Crippen molar-refractivity contribution in [2.75, 3.05) is 0 Å². The summed E-state index contributed by atoms with van der Waals surface area (Å²) in [5.74, 6) is -0.626. The summed E-state index contributed by atoms with van der Waals surface area (Å²) in [7, 11) is 0. The molecule has 0 bridgehead atoms. The van der Waals surface area contributed by atoms with Gasteiger partial charge in [-0.2, -0.15) is 0 Å². The van der Waals surface area contributed by atoms with Crippen molar-refractivity contribution in [3.05, 3.63) is 57.0 Å². The molecule has 21 heavy (non-hydrogen) atoms. The van der Waals surface area contributed by atoms with Gasteiger partial charge in [-0.05, 0) is 24.6 Å². The Morgan fingerprint density at radius 3 is 2.71 bits per heavy atom. The fraction of sp³-hybridized carbons (Fsp3) is 0.200. The van der Waals surface area contributed by atoms with Crippen molar-refractivity contribution < 1.29 is 9.18 Å². The molecule has 0 saturated heterocycles. The molecular weight excluding hydrogens is 307 g/mol. The molecule has 0 aliphatic heterocycles. The fourth-order valence-electron chi connectivity index (χ4n) is 1.80. The maximum absolute atomic E-state index is 13.9. The van der Waals surface area contributed by atoms with Crippen LogP contribution in [0, 0.1) is 5.82 Å². The van der Waals surface area contributed by atoms with Crippen LogP contribution in [0.15, 0.2) is 30.3 Å². The van der Waals surface area contributed by atoms with Gasteiger partial charge in [0, 0.05) is 22.5 Å². The summed E-state index contributed by atoms with van der Waals surface area (Å²) in [6.07, 6.45) is 0.896. The Kier molecular flexibility index (Phi) is 5.03. The number of thiophene rings is 1. The van der Waals surface area contributed by atoms with Crippen LogP contribution in [0.5, 0.6) is 0 Å². The summed E-state index contributed by atoms with van der Waals surface area (Å²) in [6.45, 7) is 2.16. The largest absolute Gasteiger partial charge is 0.389 e. The Morgan fingerprint density at radius 2 is 2.14 bits per heavy atom. The second-order valence-electron chi connectivity index (χ2n) is 4.47. The number of amides is 1. The zero-order valence-corrected chi connectivity index (χ0v) is 13.1. The quantitative estimate of drug-likeness (QED) is 0.832. The van der Waals surface area contributed by atoms with Gasteiger partial charge in [-0.15, -0.1) is 11.3 Å². The van der Waals surface area contributed by atoms with Crippen molar-refractivity contribution >= 4 is 34.5 Å². The highest BCUT2D eigenvalue weighted by Gasteiger charge is 2.10. The van der Waals surface area contributed by atoms with Crippen molar-refractivity contribution in [3.63, 3.8) is 0 Å². The average Bonchev–Trinajstić information content (AvgIpc) is 2.94. The van der Waals surface area contributed by atoms with Crippen LogP contribution in [0.25, 0.3) is 0 Å². The molecule has 3 nitrogen and oxygen atoms in total. The van der Waals surface area contributed by atoms with Crippen molar-refractivity contribution in [3.8, 4) is 0 Å². The first-order valence-corrected chi connectivity index (χ1v) is 7.69. The topological polar surface area (TPSA) is 55.1 Å². The monoisotopic (exact) mass is 322 g/mol. The average molecular weight is 322 g/mol. The van der Waals surface area contributed by atoms with Crippen LogP contribution in [0.1, 0.15) is 32.6 Å². The second kappa shape index (κ2) is 6.78. The van der Waals surface area contributed by atoms with Crippen LogP contribution in [0.3, 0.4) is 0 Å². The predicted molar refractivity (Wildman–Crippen MR) is 87.2 cm³/mol. The van der Waals surface area contributed by atoms with E-state index >= 15 is 0 Å². The molecule has 2 aromatic rings. The third-order valence-electron chi connectivity index (χ3n) is 3.01. The normalized spacial score (nSPS) is 10.4. The lowest BCUT2D eigenvalue weighted by Crippen LogP contribution is -2.22. The third-order valence-corrected chi connectivity index (χ3v) is 4.47. The van der Waals surface area contributed by atoms with Gasteiger partial charge in [0.05, 0.1) is 4.88 Å². The molecule has 0 atom stereocenters. The maximum Gasteiger partial charge on any atom is 0.261 e. The molecule has 2 rings (SSSR count). The van der Waals surface area contributed by atoms with E-state index in [-0.39, 0.29) is 17.4 Å². The molecule has 0 saturated carbocycles. The van der Waals surface area contributed by atoms with Crippen LogP contribution < -0.4 is 11.1 Å². The van der Waals surface area contributed by atoms with Gasteiger partial charge >= 0.3 is 0 Å². The van der Waals surface area contributed by atoms with E-state index in [2.05, 4.69) is 5.32 Å². The highest BCUT2D eigenvalue weighted by molar-refractivity contribution is 7.80. The Bertz CT molecular complexity index is 682. The first-order valence-electron chi connectivity index (χ1n) is 6.46. The second-order valence-corrected chi connectivity index (χ2v) is 6.08. The first kappa shape index (κ1) is 15.6. The number of halogens is 1. The van der Waals surface area contributed by atoms with Gasteiger partial charge in [0.1, 0.15) is 10.8 Å². The van der Waals surface area contributed by atoms with Crippen LogP contribution in [0.2, 0.25) is 0 Å². The van der Waals surface area contributed by atoms with Crippen molar-refractivity contribution in [2.45, 2.75) is 19.9 Å². The highest BCUT2D eigenvalue weighted by Crippen LogP contribution is 2.17. The molecule has 0 spiro atoms. The number of nitrogens with one attached hydrogen (secondary N) is 1. The van der Waals surface area contributed by atoms with Gasteiger partial charge < -0.3 is 11.1 Å². The number of nitrogens with two attached hydrogens (primary N) is 1. The van der Waals surface area contributed by atoms with Gasteiger partial charge in [0.15, 0.2) is 0 Å². The van der Waals surface area contributed by atoms with E-state index < -0.39 is 5.82 Å². The third kappa shape index (κ3) is 3.86. The fourth-order valence-corrected chi connectivity index (χ4v) is 2.79. The Labute approximate surface area is 132 Å². The number of benzene rings is 1. The summed E-state index contributed by atoms with van der Waals surface area (Å²) in [5.41, 5.74) is 6.32. The van der Waals surface area contributed by atoms with Crippen LogP contribution in [-0.4, -0.2) is 10.9 Å². The van der Waals surface area contributed by atoms with E-state index in [9.17, 15) is 9.18 Å². The molecule has 110 valence electrons. The molecule has 0 fully saturated rings. The zero-order chi connectivity index (χ0) is 15.4. The summed E-state index contributed by atoms with van der Waals surface area (Å²) in [5, 5.41) is 2.71. The number of hydrogen-bond donors (Lipinski definition) is 2. The molecule has 1 heterocycles. The lowest BCUT2D eigenvalue weighted by molar-refractivity contribution is 0.0954. The van der Waals surface area contributed by atoms with Crippen molar-refractivity contribution in [1.82, 2.24) is 5.32 Å². The Morgan fingerprint density at radius 1 is 1.38 bits per heavy atom. The zero-order valence-electron chi connectivity index (χ0n) is 11.5. The molecule has 3 N–H and O–H groups in total. The number of carbonyl (C=O) groups is 1. The lowest BCUT2D eigenvalue weighted by Gasteiger charge is -2.07. The first-order chi connectivity index (χ1) is 10.0. The van der Waals surface area contributed by atoms with E-state index in [0.29, 0.717) is 16.0 Å². The minimum absolute atomic E-state index is 0.127. The van der Waals surface area contributed by atoms with Gasteiger partial charge in [0.25, 0.3) is 5.91 Å². The van der Waals surface area contributed by atoms with E-state index in [1.807, 2.05) is 13.0 Å². The number of rotatable bonds is 5. The van der Waals surface area contributed by atoms with E-state index in [1.54, 1.807) is 18.2 Å². The molecule has 1 aromatic heterocycles. The summed E-state index contributed by atoms with van der Waals surface area (Å²) >= 11 is 6.24. The maximum atomic E-state index is 13.9. The molecule has 0 unspecified atom stereocenters. The van der Waals surface area contributed by atoms with Gasteiger partial charge in [-0.1, -0.05) is 31.3 Å². The highest BCUT2D eigenvalue weighted by atomic mass is 32.1. The van der Waals surface area contributed by atoms with Crippen molar-refractivity contribution in [1.29, 1.82) is 0 Å². The summed E-state index contributed by atoms with van der Waals surface area (Å²) in [4.78, 5) is 13.9. The molecular formula is C15H15FN2OS2. The molecule has 1 aromatic carbocycles. The number of aryl methyl sites for hydroxylation is 1. The van der Waals surface area contributed by atoms with E-state index in [4.69, 9.17) is 18.0 Å². The van der Waals surface area contributed by atoms with Gasteiger partial charge in [-0.25, -0.2) is 4.39 Å². The van der Waals surface area contributed by atoms with Crippen LogP contribution in [0.4, 0.5) is 4.39 Å². The SMILES string of the molecule is CCc1ccc(C(=O)NCc2ccc(C(N)=S)cc2F)s1. The summed E-state index contributed by atoms with van der Waals surface area (Å²) in [6, 6.07) is 8.22.